The lowest BCUT2D eigenvalue weighted by Crippen LogP contribution is -2.44. The molecular formula is C14H20FNO2. The number of ether oxygens (including phenoxy) is 1. The zero-order valence-corrected chi connectivity index (χ0v) is 11.3. The van der Waals surface area contributed by atoms with E-state index >= 15 is 0 Å². The maximum Gasteiger partial charge on any atom is 0.410 e. The van der Waals surface area contributed by atoms with Gasteiger partial charge in [-0.05, 0) is 39.3 Å². The van der Waals surface area contributed by atoms with E-state index in [4.69, 9.17) is 4.74 Å². The number of amides is 1. The van der Waals surface area contributed by atoms with Crippen LogP contribution in [0.3, 0.4) is 0 Å². The molecule has 4 heteroatoms. The van der Waals surface area contributed by atoms with Gasteiger partial charge in [0.15, 0.2) is 0 Å². The molecule has 1 aliphatic heterocycles. The summed E-state index contributed by atoms with van der Waals surface area (Å²) in [5.41, 5.74) is -0.325. The van der Waals surface area contributed by atoms with Crippen LogP contribution in [-0.4, -0.2) is 29.2 Å². The summed E-state index contributed by atoms with van der Waals surface area (Å²) in [7, 11) is 0. The average Bonchev–Trinajstić information content (AvgIpc) is 2.59. The lowest BCUT2D eigenvalue weighted by molar-refractivity contribution is 0.0643. The molecule has 1 unspecified atom stereocenters. The van der Waals surface area contributed by atoms with E-state index in [1.54, 1.807) is 11.0 Å². The van der Waals surface area contributed by atoms with Gasteiger partial charge in [-0.2, -0.15) is 0 Å². The molecule has 0 saturated carbocycles. The third-order valence-electron chi connectivity index (χ3n) is 3.88. The van der Waals surface area contributed by atoms with E-state index in [1.807, 2.05) is 33.8 Å². The highest BCUT2D eigenvalue weighted by Crippen LogP contribution is 2.41. The summed E-state index contributed by atoms with van der Waals surface area (Å²) in [4.78, 5) is 13.6. The van der Waals surface area contributed by atoms with Crippen LogP contribution in [0.5, 0.6) is 0 Å². The predicted molar refractivity (Wildman–Crippen MR) is 67.8 cm³/mol. The molecule has 2 aliphatic rings. The van der Waals surface area contributed by atoms with Crippen LogP contribution in [0.15, 0.2) is 24.1 Å². The maximum atomic E-state index is 13.0. The zero-order valence-electron chi connectivity index (χ0n) is 11.3. The molecule has 0 spiro atoms. The van der Waals surface area contributed by atoms with Crippen LogP contribution in [0.4, 0.5) is 9.18 Å². The van der Waals surface area contributed by atoms with Gasteiger partial charge in [-0.25, -0.2) is 9.18 Å². The van der Waals surface area contributed by atoms with Gasteiger partial charge in [0.1, 0.15) is 11.9 Å². The number of halogens is 1. The molecule has 1 amide bonds. The highest BCUT2D eigenvalue weighted by molar-refractivity contribution is 5.71. The largest absolute Gasteiger partial charge is 0.443 e. The molecule has 0 aromatic carbocycles. The molecule has 1 fully saturated rings. The number of nitrogens with zero attached hydrogens (tertiary/aromatic N) is 1. The normalized spacial score (nSPS) is 36.0. The first-order chi connectivity index (χ1) is 8.35. The Bertz CT molecular complexity index is 416. The van der Waals surface area contributed by atoms with Crippen molar-refractivity contribution in [2.45, 2.75) is 52.3 Å². The molecule has 0 aromatic heterocycles. The van der Waals surface area contributed by atoms with E-state index in [-0.39, 0.29) is 35.5 Å². The minimum Gasteiger partial charge on any atom is -0.443 e. The fraction of sp³-hybridized carbons (Fsp3) is 0.643. The van der Waals surface area contributed by atoms with Gasteiger partial charge >= 0.3 is 6.09 Å². The molecule has 0 radical (unpaired) electrons. The van der Waals surface area contributed by atoms with E-state index in [2.05, 4.69) is 0 Å². The van der Waals surface area contributed by atoms with Gasteiger partial charge in [0.25, 0.3) is 0 Å². The summed E-state index contributed by atoms with van der Waals surface area (Å²) >= 11 is 0. The van der Waals surface area contributed by atoms with Crippen LogP contribution in [0, 0.1) is 5.41 Å². The fourth-order valence-electron chi connectivity index (χ4n) is 2.88. The van der Waals surface area contributed by atoms with Gasteiger partial charge in [0.2, 0.25) is 0 Å². The molecule has 18 heavy (non-hydrogen) atoms. The Morgan fingerprint density at radius 3 is 2.67 bits per heavy atom. The van der Waals surface area contributed by atoms with Crippen molar-refractivity contribution in [3.05, 3.63) is 24.1 Å². The lowest BCUT2D eigenvalue weighted by atomic mass is 9.76. The van der Waals surface area contributed by atoms with Crippen LogP contribution >= 0.6 is 0 Å². The monoisotopic (exact) mass is 253 g/mol. The summed E-state index contributed by atoms with van der Waals surface area (Å²) in [5.74, 6) is -0.217. The molecule has 1 heterocycles. The minimum atomic E-state index is -0.325. The standard InChI is InChI=1S/C14H20FNO2/c1-9(2)16-10(3)12(18-13(16)17)14(4)7-5-11(15)6-8-14/h5-7,9-10,12H,8H2,1-4H3/t10-,12+,14?/m1/s1. The lowest BCUT2D eigenvalue weighted by Gasteiger charge is -2.35. The number of carbonyl (C=O) groups is 1. The number of rotatable bonds is 2. The molecule has 0 bridgehead atoms. The van der Waals surface area contributed by atoms with Gasteiger partial charge in [-0.15, -0.1) is 0 Å². The molecule has 1 aliphatic carbocycles. The Morgan fingerprint density at radius 2 is 2.22 bits per heavy atom. The topological polar surface area (TPSA) is 29.5 Å². The second-order valence-corrected chi connectivity index (χ2v) is 5.68. The third-order valence-corrected chi connectivity index (χ3v) is 3.88. The highest BCUT2D eigenvalue weighted by atomic mass is 19.1. The minimum absolute atomic E-state index is 0.00158. The van der Waals surface area contributed by atoms with Crippen LogP contribution in [0.1, 0.15) is 34.1 Å². The second-order valence-electron chi connectivity index (χ2n) is 5.68. The molecule has 100 valence electrons. The number of allylic oxidation sites excluding steroid dienone is 3. The first-order valence-corrected chi connectivity index (χ1v) is 6.39. The predicted octanol–water partition coefficient (Wildman–Crippen LogP) is 3.42. The van der Waals surface area contributed by atoms with Gasteiger partial charge in [-0.1, -0.05) is 13.0 Å². The van der Waals surface area contributed by atoms with Gasteiger partial charge in [-0.3, -0.25) is 4.90 Å². The van der Waals surface area contributed by atoms with Crippen LogP contribution in [0.25, 0.3) is 0 Å². The summed E-state index contributed by atoms with van der Waals surface area (Å²) in [6.07, 6.45) is 4.89. The molecule has 0 aromatic rings. The summed E-state index contributed by atoms with van der Waals surface area (Å²) in [6.45, 7) is 7.94. The zero-order chi connectivity index (χ0) is 13.5. The molecule has 0 N–H and O–H groups in total. The Morgan fingerprint density at radius 1 is 1.56 bits per heavy atom. The number of hydrogen-bond donors (Lipinski definition) is 0. The van der Waals surface area contributed by atoms with Crippen molar-refractivity contribution in [1.29, 1.82) is 0 Å². The molecule has 3 nitrogen and oxygen atoms in total. The molecular weight excluding hydrogens is 233 g/mol. The highest BCUT2D eigenvalue weighted by Gasteiger charge is 2.48. The van der Waals surface area contributed by atoms with E-state index < -0.39 is 0 Å². The maximum absolute atomic E-state index is 13.0. The first kappa shape index (κ1) is 13.1. The Hall–Kier alpha value is -1.32. The third kappa shape index (κ3) is 2.04. The van der Waals surface area contributed by atoms with Crippen LogP contribution < -0.4 is 0 Å². The van der Waals surface area contributed by atoms with Crippen molar-refractivity contribution in [3.63, 3.8) is 0 Å². The quantitative estimate of drug-likeness (QED) is 0.754. The summed E-state index contributed by atoms with van der Waals surface area (Å²) < 4.78 is 18.6. The van der Waals surface area contributed by atoms with Crippen LogP contribution in [-0.2, 0) is 4.74 Å². The number of carbonyl (C=O) groups excluding carboxylic acids is 1. The summed E-state index contributed by atoms with van der Waals surface area (Å²) in [6, 6.07) is 0.114. The van der Waals surface area contributed by atoms with Crippen molar-refractivity contribution in [2.24, 2.45) is 5.41 Å². The second kappa shape index (κ2) is 4.41. The Balaban J connectivity index is 2.21. The summed E-state index contributed by atoms with van der Waals surface area (Å²) in [5, 5.41) is 0. The fourth-order valence-corrected chi connectivity index (χ4v) is 2.88. The SMILES string of the molecule is CC(C)N1C(=O)O[C@H](C2(C)C=CC(F)=CC2)[C@H]1C. The number of cyclic esters (lactones) is 1. The van der Waals surface area contributed by atoms with Gasteiger partial charge in [0.05, 0.1) is 6.04 Å². The smallest absolute Gasteiger partial charge is 0.410 e. The molecule has 2 rings (SSSR count). The average molecular weight is 253 g/mol. The van der Waals surface area contributed by atoms with Crippen molar-refractivity contribution >= 4 is 6.09 Å². The molecule has 3 atom stereocenters. The molecule has 1 saturated heterocycles. The van der Waals surface area contributed by atoms with Gasteiger partial charge in [0, 0.05) is 11.5 Å². The Kier molecular flexibility index (Phi) is 3.21. The first-order valence-electron chi connectivity index (χ1n) is 6.39. The van der Waals surface area contributed by atoms with E-state index in [9.17, 15) is 9.18 Å². The van der Waals surface area contributed by atoms with E-state index in [1.165, 1.54) is 6.08 Å². The number of hydrogen-bond acceptors (Lipinski definition) is 2. The van der Waals surface area contributed by atoms with E-state index in [0.29, 0.717) is 6.42 Å². The van der Waals surface area contributed by atoms with Crippen molar-refractivity contribution in [3.8, 4) is 0 Å². The Labute approximate surface area is 107 Å². The van der Waals surface area contributed by atoms with Crippen LogP contribution in [0.2, 0.25) is 0 Å². The van der Waals surface area contributed by atoms with Crippen molar-refractivity contribution in [2.75, 3.05) is 0 Å². The van der Waals surface area contributed by atoms with Gasteiger partial charge < -0.3 is 4.74 Å². The van der Waals surface area contributed by atoms with E-state index in [0.717, 1.165) is 0 Å². The van der Waals surface area contributed by atoms with Crippen molar-refractivity contribution in [1.82, 2.24) is 4.90 Å². The van der Waals surface area contributed by atoms with Crippen molar-refractivity contribution < 1.29 is 13.9 Å².